The van der Waals surface area contributed by atoms with Crippen molar-refractivity contribution in [3.05, 3.63) is 29.6 Å². The Balaban J connectivity index is 2.75. The van der Waals surface area contributed by atoms with Crippen molar-refractivity contribution < 1.29 is 19.0 Å². The maximum absolute atomic E-state index is 13.9. The fraction of sp³-hybridized carbons (Fsp3) is 0.562. The van der Waals surface area contributed by atoms with Crippen LogP contribution in [0.1, 0.15) is 52.7 Å². The molecule has 2 N–H and O–H groups in total. The molecule has 2 atom stereocenters. The number of benzene rings is 1. The molecule has 0 aromatic heterocycles. The van der Waals surface area contributed by atoms with Gasteiger partial charge in [-0.15, -0.1) is 0 Å². The van der Waals surface area contributed by atoms with Gasteiger partial charge in [-0.05, 0) is 51.8 Å². The lowest BCUT2D eigenvalue weighted by Crippen LogP contribution is -2.48. The van der Waals surface area contributed by atoms with Crippen LogP contribution in [0.15, 0.2) is 18.2 Å². The Morgan fingerprint density at radius 1 is 1.43 bits per heavy atom. The number of carbonyl (C=O) groups is 1. The number of ether oxygens (including phenoxy) is 1. The Bertz CT molecular complexity index is 500. The average Bonchev–Trinajstić information content (AvgIpc) is 2.40. The summed E-state index contributed by atoms with van der Waals surface area (Å²) < 4.78 is 19.2. The first-order valence-corrected chi connectivity index (χ1v) is 7.12. The predicted molar refractivity (Wildman–Crippen MR) is 79.6 cm³/mol. The van der Waals surface area contributed by atoms with Gasteiger partial charge in [0.15, 0.2) is 17.7 Å². The van der Waals surface area contributed by atoms with E-state index in [0.29, 0.717) is 5.56 Å². The number of nitrogens with one attached hydrogen (secondary N) is 1. The molecule has 2 unspecified atom stereocenters. The third kappa shape index (κ3) is 5.01. The van der Waals surface area contributed by atoms with E-state index >= 15 is 0 Å². The van der Waals surface area contributed by atoms with Crippen LogP contribution in [0, 0.1) is 5.82 Å². The van der Waals surface area contributed by atoms with E-state index in [4.69, 9.17) is 4.74 Å². The highest BCUT2D eigenvalue weighted by molar-refractivity contribution is 5.81. The fourth-order valence-corrected chi connectivity index (χ4v) is 1.64. The third-order valence-electron chi connectivity index (χ3n) is 3.46. The molecule has 118 valence electrons. The van der Waals surface area contributed by atoms with Gasteiger partial charge in [0, 0.05) is 5.54 Å². The van der Waals surface area contributed by atoms with Crippen molar-refractivity contribution >= 4 is 5.91 Å². The standard InChI is InChI=1S/C16H24FNO3/c1-6-16(4,5)18-15(20)11(3)21-14-8-7-12(10(2)19)9-13(14)17/h7-11,19H,6H2,1-5H3,(H,18,20). The van der Waals surface area contributed by atoms with E-state index in [2.05, 4.69) is 5.32 Å². The van der Waals surface area contributed by atoms with Crippen LogP contribution in [0.4, 0.5) is 4.39 Å². The van der Waals surface area contributed by atoms with E-state index in [1.54, 1.807) is 19.9 Å². The molecule has 1 aromatic rings. The summed E-state index contributed by atoms with van der Waals surface area (Å²) in [5.74, 6) is -0.889. The van der Waals surface area contributed by atoms with Crippen molar-refractivity contribution in [1.29, 1.82) is 0 Å². The molecule has 5 heteroatoms. The lowest BCUT2D eigenvalue weighted by molar-refractivity contribution is -0.129. The van der Waals surface area contributed by atoms with E-state index < -0.39 is 18.0 Å². The summed E-state index contributed by atoms with van der Waals surface area (Å²) in [7, 11) is 0. The Labute approximate surface area is 125 Å². The van der Waals surface area contributed by atoms with Gasteiger partial charge >= 0.3 is 0 Å². The molecule has 1 rings (SSSR count). The summed E-state index contributed by atoms with van der Waals surface area (Å²) in [6.45, 7) is 8.92. The van der Waals surface area contributed by atoms with Crippen LogP contribution >= 0.6 is 0 Å². The fourth-order valence-electron chi connectivity index (χ4n) is 1.64. The van der Waals surface area contributed by atoms with Crippen molar-refractivity contribution in [2.24, 2.45) is 0 Å². The second kappa shape index (κ2) is 6.89. The molecule has 0 aliphatic rings. The number of hydrogen-bond donors (Lipinski definition) is 2. The van der Waals surface area contributed by atoms with Gasteiger partial charge in [-0.1, -0.05) is 13.0 Å². The Morgan fingerprint density at radius 2 is 2.05 bits per heavy atom. The molecule has 0 fully saturated rings. The zero-order chi connectivity index (χ0) is 16.2. The van der Waals surface area contributed by atoms with Crippen LogP contribution in [-0.4, -0.2) is 22.7 Å². The van der Waals surface area contributed by atoms with Crippen molar-refractivity contribution in [3.63, 3.8) is 0 Å². The molecule has 0 aliphatic heterocycles. The molecule has 1 amide bonds. The molecule has 0 spiro atoms. The first-order chi connectivity index (χ1) is 9.66. The van der Waals surface area contributed by atoms with Gasteiger partial charge in [-0.3, -0.25) is 4.79 Å². The monoisotopic (exact) mass is 297 g/mol. The van der Waals surface area contributed by atoms with Crippen LogP contribution in [0.25, 0.3) is 0 Å². The van der Waals surface area contributed by atoms with Gasteiger partial charge in [0.2, 0.25) is 0 Å². The van der Waals surface area contributed by atoms with E-state index in [0.717, 1.165) is 6.42 Å². The minimum atomic E-state index is -0.803. The molecule has 0 heterocycles. The highest BCUT2D eigenvalue weighted by Crippen LogP contribution is 2.23. The van der Waals surface area contributed by atoms with Gasteiger partial charge in [0.05, 0.1) is 6.10 Å². The summed E-state index contributed by atoms with van der Waals surface area (Å²) in [6.07, 6.45) is -0.773. The van der Waals surface area contributed by atoms with Crippen LogP contribution < -0.4 is 10.1 Å². The van der Waals surface area contributed by atoms with Gasteiger partial charge in [-0.2, -0.15) is 0 Å². The van der Waals surface area contributed by atoms with Gasteiger partial charge in [0.1, 0.15) is 0 Å². The summed E-state index contributed by atoms with van der Waals surface area (Å²) in [4.78, 5) is 12.0. The van der Waals surface area contributed by atoms with Crippen molar-refractivity contribution in [2.75, 3.05) is 0 Å². The van der Waals surface area contributed by atoms with Crippen LogP contribution in [0.5, 0.6) is 5.75 Å². The number of hydrogen-bond acceptors (Lipinski definition) is 3. The van der Waals surface area contributed by atoms with Crippen molar-refractivity contribution in [1.82, 2.24) is 5.32 Å². The number of halogens is 1. The lowest BCUT2D eigenvalue weighted by Gasteiger charge is -2.26. The molecule has 0 saturated heterocycles. The Morgan fingerprint density at radius 3 is 2.52 bits per heavy atom. The largest absolute Gasteiger partial charge is 0.478 e. The topological polar surface area (TPSA) is 58.6 Å². The van der Waals surface area contributed by atoms with E-state index in [-0.39, 0.29) is 17.2 Å². The number of amides is 1. The van der Waals surface area contributed by atoms with E-state index in [1.807, 2.05) is 20.8 Å². The normalized spacial score (nSPS) is 14.4. The number of aliphatic hydroxyl groups is 1. The SMILES string of the molecule is CCC(C)(C)NC(=O)C(C)Oc1ccc(C(C)O)cc1F. The number of rotatable bonds is 6. The molecule has 0 radical (unpaired) electrons. The number of aliphatic hydroxyl groups excluding tert-OH is 1. The quantitative estimate of drug-likeness (QED) is 0.848. The molecule has 0 bridgehead atoms. The summed E-state index contributed by atoms with van der Waals surface area (Å²) >= 11 is 0. The second-order valence-corrected chi connectivity index (χ2v) is 5.85. The van der Waals surface area contributed by atoms with E-state index in [9.17, 15) is 14.3 Å². The van der Waals surface area contributed by atoms with Crippen molar-refractivity contribution in [2.45, 2.75) is 58.8 Å². The molecule has 0 aliphatic carbocycles. The molecule has 21 heavy (non-hydrogen) atoms. The van der Waals surface area contributed by atoms with E-state index in [1.165, 1.54) is 12.1 Å². The van der Waals surface area contributed by atoms with Crippen LogP contribution in [0.3, 0.4) is 0 Å². The Kier molecular flexibility index (Phi) is 5.72. The van der Waals surface area contributed by atoms with Gasteiger partial charge in [0.25, 0.3) is 5.91 Å². The second-order valence-electron chi connectivity index (χ2n) is 5.85. The van der Waals surface area contributed by atoms with Gasteiger partial charge in [-0.25, -0.2) is 4.39 Å². The maximum atomic E-state index is 13.9. The first kappa shape index (κ1) is 17.4. The van der Waals surface area contributed by atoms with Crippen LogP contribution in [-0.2, 0) is 4.79 Å². The Hall–Kier alpha value is -1.62. The van der Waals surface area contributed by atoms with Crippen LogP contribution in [0.2, 0.25) is 0 Å². The average molecular weight is 297 g/mol. The lowest BCUT2D eigenvalue weighted by atomic mass is 10.0. The molecule has 4 nitrogen and oxygen atoms in total. The van der Waals surface area contributed by atoms with Gasteiger partial charge < -0.3 is 15.2 Å². The minimum absolute atomic E-state index is 0.00338. The predicted octanol–water partition coefficient (Wildman–Crippen LogP) is 2.95. The summed E-state index contributed by atoms with van der Waals surface area (Å²) in [5.41, 5.74) is 0.132. The maximum Gasteiger partial charge on any atom is 0.261 e. The highest BCUT2D eigenvalue weighted by atomic mass is 19.1. The summed E-state index contributed by atoms with van der Waals surface area (Å²) in [5, 5.41) is 12.2. The highest BCUT2D eigenvalue weighted by Gasteiger charge is 2.23. The smallest absolute Gasteiger partial charge is 0.261 e. The molecular formula is C16H24FNO3. The summed E-state index contributed by atoms with van der Waals surface area (Å²) in [6, 6.07) is 4.20. The zero-order valence-corrected chi connectivity index (χ0v) is 13.2. The number of carbonyl (C=O) groups excluding carboxylic acids is 1. The third-order valence-corrected chi connectivity index (χ3v) is 3.46. The first-order valence-electron chi connectivity index (χ1n) is 7.12. The zero-order valence-electron chi connectivity index (χ0n) is 13.2. The minimum Gasteiger partial charge on any atom is -0.478 e. The molecule has 0 saturated carbocycles. The molecule has 1 aromatic carbocycles. The van der Waals surface area contributed by atoms with Crippen molar-refractivity contribution in [3.8, 4) is 5.75 Å². The molecular weight excluding hydrogens is 273 g/mol.